The Labute approximate surface area is 97.1 Å². The van der Waals surface area contributed by atoms with Crippen molar-refractivity contribution < 1.29 is 9.53 Å². The van der Waals surface area contributed by atoms with Crippen molar-refractivity contribution in [3.63, 3.8) is 0 Å². The number of carbonyl (C=O) groups excluding carboxylic acids is 1. The molecule has 4 aliphatic rings. The van der Waals surface area contributed by atoms with Crippen molar-refractivity contribution in [1.82, 2.24) is 0 Å². The molecule has 2 heteroatoms. The fourth-order valence-corrected chi connectivity index (χ4v) is 4.13. The molecule has 4 rings (SSSR count). The van der Waals surface area contributed by atoms with E-state index in [1.807, 2.05) is 6.92 Å². The molecule has 0 saturated heterocycles. The molecule has 2 atom stereocenters. The highest BCUT2D eigenvalue weighted by atomic mass is 16.5. The molecule has 4 aliphatic carbocycles. The maximum Gasteiger partial charge on any atom is 0.333 e. The zero-order valence-corrected chi connectivity index (χ0v) is 9.95. The van der Waals surface area contributed by atoms with Crippen LogP contribution in [0, 0.1) is 23.7 Å². The van der Waals surface area contributed by atoms with Gasteiger partial charge in [0.2, 0.25) is 0 Å². The van der Waals surface area contributed by atoms with Gasteiger partial charge in [-0.15, -0.1) is 0 Å². The van der Waals surface area contributed by atoms with Crippen LogP contribution < -0.4 is 0 Å². The number of ether oxygens (including phenoxy) is 1. The fourth-order valence-electron chi connectivity index (χ4n) is 4.13. The largest absolute Gasteiger partial charge is 0.463 e. The summed E-state index contributed by atoms with van der Waals surface area (Å²) >= 11 is 0. The van der Waals surface area contributed by atoms with Crippen molar-refractivity contribution in [2.45, 2.75) is 39.0 Å². The lowest BCUT2D eigenvalue weighted by Crippen LogP contribution is -2.29. The highest BCUT2D eigenvalue weighted by Gasteiger charge is 2.41. The van der Waals surface area contributed by atoms with Gasteiger partial charge in [-0.05, 0) is 62.7 Å². The van der Waals surface area contributed by atoms with Crippen molar-refractivity contribution >= 4 is 5.97 Å². The lowest BCUT2D eigenvalue weighted by atomic mass is 9.67. The van der Waals surface area contributed by atoms with Crippen molar-refractivity contribution in [3.05, 3.63) is 11.6 Å². The van der Waals surface area contributed by atoms with Gasteiger partial charge in [0.25, 0.3) is 0 Å². The van der Waals surface area contributed by atoms with Gasteiger partial charge in [-0.1, -0.05) is 6.08 Å². The number of hydrogen-bond donors (Lipinski definition) is 0. The van der Waals surface area contributed by atoms with E-state index in [0.29, 0.717) is 18.4 Å². The van der Waals surface area contributed by atoms with Gasteiger partial charge in [-0.25, -0.2) is 4.79 Å². The van der Waals surface area contributed by atoms with Crippen LogP contribution in [0.5, 0.6) is 0 Å². The Morgan fingerprint density at radius 1 is 1.25 bits per heavy atom. The standard InChI is InChI=1S/C14H20O2/c1-2-16-14(15)13-8-11-4-9-3-10(5-11)7-12(13)6-9/h8-12H,2-7H2,1H3. The lowest BCUT2D eigenvalue weighted by Gasteiger charge is -2.38. The number of carbonyl (C=O) groups is 1. The van der Waals surface area contributed by atoms with E-state index in [-0.39, 0.29) is 5.97 Å². The first kappa shape index (κ1) is 10.4. The van der Waals surface area contributed by atoms with Crippen LogP contribution in [0.1, 0.15) is 39.0 Å². The van der Waals surface area contributed by atoms with Gasteiger partial charge >= 0.3 is 5.97 Å². The molecule has 2 nitrogen and oxygen atoms in total. The lowest BCUT2D eigenvalue weighted by molar-refractivity contribution is -0.139. The quantitative estimate of drug-likeness (QED) is 0.669. The Balaban J connectivity index is 1.86. The van der Waals surface area contributed by atoms with E-state index >= 15 is 0 Å². The topological polar surface area (TPSA) is 26.3 Å². The first-order valence-electron chi connectivity index (χ1n) is 6.65. The third-order valence-corrected chi connectivity index (χ3v) is 4.54. The minimum absolute atomic E-state index is 0.0410. The van der Waals surface area contributed by atoms with Crippen molar-refractivity contribution in [2.75, 3.05) is 6.61 Å². The van der Waals surface area contributed by atoms with E-state index < -0.39 is 0 Å². The van der Waals surface area contributed by atoms with E-state index in [1.165, 1.54) is 32.1 Å². The van der Waals surface area contributed by atoms with E-state index in [2.05, 4.69) is 6.08 Å². The number of allylic oxidation sites excluding steroid dienone is 1. The second-order valence-corrected chi connectivity index (χ2v) is 5.71. The van der Waals surface area contributed by atoms with Crippen molar-refractivity contribution in [3.8, 4) is 0 Å². The van der Waals surface area contributed by atoms with Gasteiger partial charge in [0, 0.05) is 5.57 Å². The predicted molar refractivity (Wildman–Crippen MR) is 61.8 cm³/mol. The Morgan fingerprint density at radius 2 is 1.94 bits per heavy atom. The molecule has 16 heavy (non-hydrogen) atoms. The molecule has 2 unspecified atom stereocenters. The smallest absolute Gasteiger partial charge is 0.333 e. The molecular formula is C14H20O2. The fraction of sp³-hybridized carbons (Fsp3) is 0.786. The Hall–Kier alpha value is -0.790. The average Bonchev–Trinajstić information content (AvgIpc) is 2.43. The molecule has 0 spiro atoms. The first-order valence-corrected chi connectivity index (χ1v) is 6.65. The summed E-state index contributed by atoms with van der Waals surface area (Å²) in [4.78, 5) is 11.9. The summed E-state index contributed by atoms with van der Waals surface area (Å²) in [6.45, 7) is 2.39. The molecule has 2 saturated carbocycles. The van der Waals surface area contributed by atoms with Crippen molar-refractivity contribution in [2.24, 2.45) is 23.7 Å². The van der Waals surface area contributed by atoms with E-state index in [0.717, 1.165) is 17.4 Å². The van der Waals surface area contributed by atoms with E-state index in [1.54, 1.807) is 0 Å². The number of rotatable bonds is 2. The molecule has 0 radical (unpaired) electrons. The van der Waals surface area contributed by atoms with Crippen LogP contribution in [0.15, 0.2) is 11.6 Å². The van der Waals surface area contributed by atoms with Crippen LogP contribution in [-0.2, 0) is 9.53 Å². The molecule has 2 fully saturated rings. The monoisotopic (exact) mass is 220 g/mol. The number of esters is 1. The predicted octanol–water partition coefficient (Wildman–Crippen LogP) is 2.93. The Bertz CT molecular complexity index is 318. The minimum atomic E-state index is -0.0410. The van der Waals surface area contributed by atoms with E-state index in [4.69, 9.17) is 4.74 Å². The van der Waals surface area contributed by atoms with E-state index in [9.17, 15) is 4.79 Å². The first-order chi connectivity index (χ1) is 7.76. The van der Waals surface area contributed by atoms with Crippen LogP contribution in [0.4, 0.5) is 0 Å². The molecule has 88 valence electrons. The summed E-state index contributed by atoms with van der Waals surface area (Å²) in [5.74, 6) is 2.89. The van der Waals surface area contributed by atoms with Crippen LogP contribution >= 0.6 is 0 Å². The molecule has 0 aromatic rings. The van der Waals surface area contributed by atoms with Gasteiger partial charge in [-0.2, -0.15) is 0 Å². The van der Waals surface area contributed by atoms with Crippen LogP contribution in [0.25, 0.3) is 0 Å². The SMILES string of the molecule is CCOC(=O)C1=CC2CC3CC(C2)CC1C3. The highest BCUT2D eigenvalue weighted by Crippen LogP contribution is 2.50. The summed E-state index contributed by atoms with van der Waals surface area (Å²) in [7, 11) is 0. The summed E-state index contributed by atoms with van der Waals surface area (Å²) in [5, 5.41) is 0. The molecule has 0 N–H and O–H groups in total. The average molecular weight is 220 g/mol. The number of hydrogen-bond acceptors (Lipinski definition) is 2. The molecule has 4 bridgehead atoms. The van der Waals surface area contributed by atoms with Gasteiger partial charge < -0.3 is 4.74 Å². The van der Waals surface area contributed by atoms with Crippen LogP contribution in [0.3, 0.4) is 0 Å². The zero-order chi connectivity index (χ0) is 11.1. The Morgan fingerprint density at radius 3 is 2.56 bits per heavy atom. The molecule has 0 aliphatic heterocycles. The minimum Gasteiger partial charge on any atom is -0.463 e. The maximum absolute atomic E-state index is 11.9. The maximum atomic E-state index is 11.9. The van der Waals surface area contributed by atoms with Gasteiger partial charge in [0.1, 0.15) is 0 Å². The zero-order valence-electron chi connectivity index (χ0n) is 9.95. The molecular weight excluding hydrogens is 200 g/mol. The van der Waals surface area contributed by atoms with Crippen LogP contribution in [0.2, 0.25) is 0 Å². The summed E-state index contributed by atoms with van der Waals surface area (Å²) in [5.41, 5.74) is 1.01. The molecule has 0 amide bonds. The Kier molecular flexibility index (Phi) is 2.53. The second kappa shape index (κ2) is 3.90. The van der Waals surface area contributed by atoms with Gasteiger partial charge in [0.15, 0.2) is 0 Å². The van der Waals surface area contributed by atoms with Crippen molar-refractivity contribution in [1.29, 1.82) is 0 Å². The molecule has 0 aromatic carbocycles. The van der Waals surface area contributed by atoms with Crippen LogP contribution in [-0.4, -0.2) is 12.6 Å². The third-order valence-electron chi connectivity index (χ3n) is 4.54. The van der Waals surface area contributed by atoms with Gasteiger partial charge in [-0.3, -0.25) is 0 Å². The summed E-state index contributed by atoms with van der Waals surface area (Å²) in [6, 6.07) is 0. The third kappa shape index (κ3) is 1.68. The second-order valence-electron chi connectivity index (χ2n) is 5.71. The normalized spacial score (nSPS) is 40.4. The summed E-state index contributed by atoms with van der Waals surface area (Å²) < 4.78 is 5.19. The summed E-state index contributed by atoms with van der Waals surface area (Å²) in [6.07, 6.45) is 8.76. The molecule has 0 aromatic heterocycles. The highest BCUT2D eigenvalue weighted by molar-refractivity contribution is 5.89. The molecule has 0 heterocycles. The van der Waals surface area contributed by atoms with Gasteiger partial charge in [0.05, 0.1) is 6.61 Å².